The Balaban J connectivity index is 3.06. The number of pyridine rings is 1. The summed E-state index contributed by atoms with van der Waals surface area (Å²) >= 11 is 0. The lowest BCUT2D eigenvalue weighted by Gasteiger charge is -2.21. The van der Waals surface area contributed by atoms with Crippen LogP contribution in [-0.2, 0) is 4.79 Å². The largest absolute Gasteiger partial charge is 0.478 e. The van der Waals surface area contributed by atoms with Crippen LogP contribution in [0.2, 0.25) is 0 Å². The Bertz CT molecular complexity index is 427. The number of ether oxygens (including phenoxy) is 1. The van der Waals surface area contributed by atoms with E-state index >= 15 is 0 Å². The van der Waals surface area contributed by atoms with Gasteiger partial charge in [0.1, 0.15) is 5.56 Å². The zero-order valence-electron chi connectivity index (χ0n) is 8.80. The van der Waals surface area contributed by atoms with Crippen LogP contribution in [0, 0.1) is 0 Å². The second-order valence-electron chi connectivity index (χ2n) is 3.58. The molecule has 0 aliphatic rings. The second-order valence-corrected chi connectivity index (χ2v) is 3.58. The van der Waals surface area contributed by atoms with Crippen LogP contribution in [0.25, 0.3) is 0 Å². The fourth-order valence-corrected chi connectivity index (χ4v) is 0.920. The third-order valence-electron chi connectivity index (χ3n) is 1.87. The summed E-state index contributed by atoms with van der Waals surface area (Å²) in [5, 5.41) is 17.7. The lowest BCUT2D eigenvalue weighted by molar-refractivity contribution is -0.152. The van der Waals surface area contributed by atoms with Gasteiger partial charge in [0, 0.05) is 6.20 Å². The molecular formula is C10H11NO5. The molecule has 1 rings (SSSR count). The summed E-state index contributed by atoms with van der Waals surface area (Å²) in [6.45, 7) is 2.63. The monoisotopic (exact) mass is 225 g/mol. The molecule has 0 aliphatic heterocycles. The van der Waals surface area contributed by atoms with E-state index in [0.29, 0.717) is 0 Å². The van der Waals surface area contributed by atoms with Crippen molar-refractivity contribution in [3.05, 3.63) is 23.9 Å². The zero-order valence-corrected chi connectivity index (χ0v) is 8.80. The van der Waals surface area contributed by atoms with Gasteiger partial charge in [0.15, 0.2) is 0 Å². The molecule has 0 radical (unpaired) electrons. The third kappa shape index (κ3) is 2.47. The van der Waals surface area contributed by atoms with E-state index in [1.165, 1.54) is 32.2 Å². The molecule has 86 valence electrons. The lowest BCUT2D eigenvalue weighted by Crippen LogP contribution is -2.38. The average molecular weight is 225 g/mol. The van der Waals surface area contributed by atoms with Crippen molar-refractivity contribution < 1.29 is 24.5 Å². The van der Waals surface area contributed by atoms with Crippen molar-refractivity contribution in [3.8, 4) is 5.88 Å². The number of aromatic carboxylic acids is 1. The number of nitrogens with zero attached hydrogens (tertiary/aromatic N) is 1. The average Bonchev–Trinajstić information content (AvgIpc) is 2.17. The summed E-state index contributed by atoms with van der Waals surface area (Å²) in [4.78, 5) is 25.3. The van der Waals surface area contributed by atoms with Crippen LogP contribution in [0.5, 0.6) is 5.88 Å². The van der Waals surface area contributed by atoms with E-state index in [0.717, 1.165) is 0 Å². The summed E-state index contributed by atoms with van der Waals surface area (Å²) in [5.41, 5.74) is -1.70. The van der Waals surface area contributed by atoms with Crippen molar-refractivity contribution in [3.63, 3.8) is 0 Å². The third-order valence-corrected chi connectivity index (χ3v) is 1.87. The standard InChI is InChI=1S/C10H11NO5/c1-10(2,9(14)15)16-7-6(8(12)13)4-3-5-11-7/h3-5H,1-2H3,(H,12,13)(H,14,15). The first-order valence-corrected chi connectivity index (χ1v) is 4.45. The topological polar surface area (TPSA) is 96.7 Å². The summed E-state index contributed by atoms with van der Waals surface area (Å²) in [6.07, 6.45) is 1.33. The Kier molecular flexibility index (Phi) is 3.12. The Morgan fingerprint density at radius 1 is 1.38 bits per heavy atom. The van der Waals surface area contributed by atoms with Crippen LogP contribution in [0.15, 0.2) is 18.3 Å². The molecule has 0 aliphatic carbocycles. The molecule has 0 saturated carbocycles. The van der Waals surface area contributed by atoms with Gasteiger partial charge in [-0.15, -0.1) is 0 Å². The zero-order chi connectivity index (χ0) is 12.3. The number of rotatable bonds is 4. The highest BCUT2D eigenvalue weighted by atomic mass is 16.5. The fraction of sp³-hybridized carbons (Fsp3) is 0.300. The normalized spacial score (nSPS) is 10.9. The maximum absolute atomic E-state index is 10.8. The molecule has 1 aromatic heterocycles. The van der Waals surface area contributed by atoms with E-state index in [9.17, 15) is 9.59 Å². The Morgan fingerprint density at radius 2 is 2.00 bits per heavy atom. The molecule has 1 heterocycles. The lowest BCUT2D eigenvalue weighted by atomic mass is 10.1. The van der Waals surface area contributed by atoms with E-state index in [1.807, 2.05) is 0 Å². The molecule has 0 bridgehead atoms. The van der Waals surface area contributed by atoms with Gasteiger partial charge in [-0.2, -0.15) is 0 Å². The molecular weight excluding hydrogens is 214 g/mol. The van der Waals surface area contributed by atoms with Crippen LogP contribution >= 0.6 is 0 Å². The van der Waals surface area contributed by atoms with Crippen LogP contribution in [0.3, 0.4) is 0 Å². The fourth-order valence-electron chi connectivity index (χ4n) is 0.920. The van der Waals surface area contributed by atoms with E-state index in [-0.39, 0.29) is 11.4 Å². The first-order valence-electron chi connectivity index (χ1n) is 4.45. The van der Waals surface area contributed by atoms with Gasteiger partial charge in [-0.3, -0.25) is 0 Å². The SMILES string of the molecule is CC(C)(Oc1ncccc1C(=O)O)C(=O)O. The van der Waals surface area contributed by atoms with Gasteiger partial charge in [-0.1, -0.05) is 0 Å². The van der Waals surface area contributed by atoms with Crippen molar-refractivity contribution in [2.45, 2.75) is 19.4 Å². The molecule has 0 saturated heterocycles. The summed E-state index contributed by atoms with van der Waals surface area (Å²) in [7, 11) is 0. The van der Waals surface area contributed by atoms with E-state index in [1.54, 1.807) is 0 Å². The predicted octanol–water partition coefficient (Wildman–Crippen LogP) is 1.02. The Hall–Kier alpha value is -2.11. The van der Waals surface area contributed by atoms with Gasteiger partial charge >= 0.3 is 11.9 Å². The number of aliphatic carboxylic acids is 1. The first kappa shape index (κ1) is 12.0. The minimum atomic E-state index is -1.53. The molecule has 1 aromatic rings. The maximum Gasteiger partial charge on any atom is 0.347 e. The van der Waals surface area contributed by atoms with Gasteiger partial charge in [0.2, 0.25) is 11.5 Å². The van der Waals surface area contributed by atoms with E-state index < -0.39 is 17.5 Å². The number of hydrogen-bond acceptors (Lipinski definition) is 4. The quantitative estimate of drug-likeness (QED) is 0.794. The van der Waals surface area contributed by atoms with Crippen LogP contribution in [0.1, 0.15) is 24.2 Å². The molecule has 16 heavy (non-hydrogen) atoms. The van der Waals surface area contributed by atoms with Gasteiger partial charge in [0.25, 0.3) is 0 Å². The van der Waals surface area contributed by atoms with Gasteiger partial charge in [-0.25, -0.2) is 14.6 Å². The minimum absolute atomic E-state index is 0.170. The number of aromatic nitrogens is 1. The van der Waals surface area contributed by atoms with Crippen molar-refractivity contribution >= 4 is 11.9 Å². The van der Waals surface area contributed by atoms with Crippen LogP contribution in [0.4, 0.5) is 0 Å². The maximum atomic E-state index is 10.8. The molecule has 0 atom stereocenters. The van der Waals surface area contributed by atoms with Crippen molar-refractivity contribution in [1.29, 1.82) is 0 Å². The highest BCUT2D eigenvalue weighted by Crippen LogP contribution is 2.20. The second kappa shape index (κ2) is 4.18. The molecule has 2 N–H and O–H groups in total. The van der Waals surface area contributed by atoms with E-state index in [4.69, 9.17) is 14.9 Å². The molecule has 0 amide bonds. The van der Waals surface area contributed by atoms with E-state index in [2.05, 4.69) is 4.98 Å². The summed E-state index contributed by atoms with van der Waals surface area (Å²) in [6, 6.07) is 2.73. The molecule has 0 spiro atoms. The molecule has 0 aromatic carbocycles. The number of carbonyl (C=O) groups is 2. The Labute approximate surface area is 91.5 Å². The first-order chi connectivity index (χ1) is 7.34. The van der Waals surface area contributed by atoms with Crippen molar-refractivity contribution in [1.82, 2.24) is 4.98 Å². The van der Waals surface area contributed by atoms with Gasteiger partial charge in [0.05, 0.1) is 0 Å². The number of carboxylic acid groups (broad SMARTS) is 2. The predicted molar refractivity (Wildman–Crippen MR) is 53.5 cm³/mol. The highest BCUT2D eigenvalue weighted by Gasteiger charge is 2.31. The van der Waals surface area contributed by atoms with Gasteiger partial charge < -0.3 is 14.9 Å². The molecule has 6 nitrogen and oxygen atoms in total. The minimum Gasteiger partial charge on any atom is -0.478 e. The van der Waals surface area contributed by atoms with Gasteiger partial charge in [-0.05, 0) is 26.0 Å². The molecule has 0 unspecified atom stereocenters. The highest BCUT2D eigenvalue weighted by molar-refractivity contribution is 5.90. The smallest absolute Gasteiger partial charge is 0.347 e. The number of carboxylic acids is 2. The molecule has 0 fully saturated rings. The summed E-state index contributed by atoms with van der Waals surface area (Å²) < 4.78 is 5.06. The molecule has 6 heteroatoms. The summed E-state index contributed by atoms with van der Waals surface area (Å²) in [5.74, 6) is -2.62. The van der Waals surface area contributed by atoms with Crippen LogP contribution in [-0.4, -0.2) is 32.7 Å². The van der Waals surface area contributed by atoms with Crippen LogP contribution < -0.4 is 4.74 Å². The Morgan fingerprint density at radius 3 is 2.50 bits per heavy atom. The van der Waals surface area contributed by atoms with Crippen molar-refractivity contribution in [2.75, 3.05) is 0 Å². The van der Waals surface area contributed by atoms with Crippen molar-refractivity contribution in [2.24, 2.45) is 0 Å². The number of hydrogen-bond donors (Lipinski definition) is 2.